The third-order valence-electron chi connectivity index (χ3n) is 6.67. The molecule has 0 radical (unpaired) electrons. The first-order valence-corrected chi connectivity index (χ1v) is 13.8. The van der Waals surface area contributed by atoms with Gasteiger partial charge in [-0.15, -0.1) is 11.3 Å². The molecule has 0 bridgehead atoms. The number of unbranched alkanes of at least 4 members (excludes halogenated alkanes) is 7. The van der Waals surface area contributed by atoms with Crippen molar-refractivity contribution in [3.63, 3.8) is 0 Å². The Morgan fingerprint density at radius 1 is 0.967 bits per heavy atom. The number of halogens is 1. The molecule has 1 aliphatic rings. The maximum absolute atomic E-state index is 3.96. The lowest BCUT2D eigenvalue weighted by Crippen LogP contribution is -2.02. The first-order chi connectivity index (χ1) is 14.8. The monoisotopic (exact) mass is 482 g/mol. The van der Waals surface area contributed by atoms with E-state index < -0.39 is 0 Å². The van der Waals surface area contributed by atoms with Gasteiger partial charge in [0.05, 0.1) is 0 Å². The van der Waals surface area contributed by atoms with E-state index in [1.807, 2.05) is 11.3 Å². The van der Waals surface area contributed by atoms with Gasteiger partial charge in [-0.3, -0.25) is 0 Å². The molecule has 2 heteroatoms. The van der Waals surface area contributed by atoms with Gasteiger partial charge < -0.3 is 0 Å². The van der Waals surface area contributed by atoms with E-state index in [9.17, 15) is 0 Å². The van der Waals surface area contributed by atoms with Crippen LogP contribution >= 0.6 is 27.3 Å². The fourth-order valence-corrected chi connectivity index (χ4v) is 6.78. The van der Waals surface area contributed by atoms with Gasteiger partial charge in [0.2, 0.25) is 0 Å². The predicted molar refractivity (Wildman–Crippen MR) is 137 cm³/mol. The highest BCUT2D eigenvalue weighted by atomic mass is 79.9. The van der Waals surface area contributed by atoms with Crippen molar-refractivity contribution < 1.29 is 0 Å². The molecule has 0 N–H and O–H groups in total. The normalized spacial score (nSPS) is 16.4. The summed E-state index contributed by atoms with van der Waals surface area (Å²) in [4.78, 5) is 2.16. The third-order valence-corrected chi connectivity index (χ3v) is 8.54. The molecule has 0 amide bonds. The van der Waals surface area contributed by atoms with Crippen molar-refractivity contribution in [2.24, 2.45) is 0 Å². The van der Waals surface area contributed by atoms with Crippen molar-refractivity contribution in [2.75, 3.05) is 0 Å². The van der Waals surface area contributed by atoms with Crippen LogP contribution in [-0.2, 0) is 12.8 Å². The molecule has 0 saturated carbocycles. The minimum absolute atomic E-state index is 0.548. The first-order valence-electron chi connectivity index (χ1n) is 12.0. The summed E-state index contributed by atoms with van der Waals surface area (Å²) < 4.78 is 0. The van der Waals surface area contributed by atoms with Crippen LogP contribution in [0.5, 0.6) is 0 Å². The van der Waals surface area contributed by atoms with Crippen LogP contribution in [0.1, 0.15) is 92.2 Å². The summed E-state index contributed by atoms with van der Waals surface area (Å²) in [5, 5.41) is 5.31. The lowest BCUT2D eigenvalue weighted by Gasteiger charge is -2.10. The van der Waals surface area contributed by atoms with Gasteiger partial charge in [0.15, 0.2) is 0 Å². The molecule has 3 aromatic rings. The summed E-state index contributed by atoms with van der Waals surface area (Å²) in [5.41, 5.74) is 4.57. The zero-order valence-electron chi connectivity index (χ0n) is 18.3. The summed E-state index contributed by atoms with van der Waals surface area (Å²) in [5.74, 6) is 0.548. The highest BCUT2D eigenvalue weighted by Crippen LogP contribution is 2.43. The summed E-state index contributed by atoms with van der Waals surface area (Å²) in [7, 11) is 0. The van der Waals surface area contributed by atoms with Gasteiger partial charge in [0, 0.05) is 15.6 Å². The molecular formula is C28H35BrS. The van der Waals surface area contributed by atoms with Gasteiger partial charge in [-0.05, 0) is 58.2 Å². The molecule has 0 nitrogen and oxygen atoms in total. The van der Waals surface area contributed by atoms with Crippen LogP contribution in [0.2, 0.25) is 0 Å². The molecule has 2 unspecified atom stereocenters. The highest BCUT2D eigenvalue weighted by Gasteiger charge is 2.26. The molecule has 30 heavy (non-hydrogen) atoms. The van der Waals surface area contributed by atoms with Crippen LogP contribution in [0.15, 0.2) is 47.8 Å². The Morgan fingerprint density at radius 2 is 1.70 bits per heavy atom. The van der Waals surface area contributed by atoms with Crippen LogP contribution in [0.4, 0.5) is 0 Å². The van der Waals surface area contributed by atoms with Gasteiger partial charge >= 0.3 is 0 Å². The first kappa shape index (κ1) is 22.1. The van der Waals surface area contributed by atoms with Crippen LogP contribution in [-0.4, -0.2) is 4.83 Å². The minimum Gasteiger partial charge on any atom is -0.148 e. The number of benzene rings is 2. The van der Waals surface area contributed by atoms with E-state index in [1.54, 1.807) is 4.88 Å². The second-order valence-electron chi connectivity index (χ2n) is 9.04. The van der Waals surface area contributed by atoms with Crippen LogP contribution in [0, 0.1) is 0 Å². The Hall–Kier alpha value is -1.12. The number of alkyl halides is 1. The summed E-state index contributed by atoms with van der Waals surface area (Å²) in [6, 6.07) is 16.1. The maximum Gasteiger partial charge on any atom is 0.0230 e. The molecule has 4 rings (SSSR count). The zero-order valence-corrected chi connectivity index (χ0v) is 20.7. The van der Waals surface area contributed by atoms with E-state index in [4.69, 9.17) is 0 Å². The second kappa shape index (κ2) is 11.0. The van der Waals surface area contributed by atoms with Crippen molar-refractivity contribution in [1.29, 1.82) is 0 Å². The molecule has 1 heterocycles. The topological polar surface area (TPSA) is 0 Å². The smallest absolute Gasteiger partial charge is 0.0230 e. The SMILES string of the molecule is CCCCCCCCCCC(Br)Cc1csc(C2Cc3cccc4cccc2c34)c1. The molecule has 0 saturated heterocycles. The Morgan fingerprint density at radius 3 is 2.50 bits per heavy atom. The van der Waals surface area contributed by atoms with Gasteiger partial charge in [0.25, 0.3) is 0 Å². The number of rotatable bonds is 12. The molecule has 2 atom stereocenters. The number of thiophene rings is 1. The molecular weight excluding hydrogens is 448 g/mol. The fourth-order valence-electron chi connectivity index (χ4n) is 5.04. The quantitative estimate of drug-likeness (QED) is 0.178. The van der Waals surface area contributed by atoms with E-state index in [-0.39, 0.29) is 0 Å². The fraction of sp³-hybridized carbons (Fsp3) is 0.500. The van der Waals surface area contributed by atoms with Crippen molar-refractivity contribution >= 4 is 38.0 Å². The number of hydrogen-bond acceptors (Lipinski definition) is 1. The standard InChI is InChI=1S/C28H35BrS/c1-2-3-4-5-6-7-8-9-15-24(29)17-21-18-27(30-20-21)26-19-23-14-10-12-22-13-11-16-25(26)28(22)23/h10-14,16,18,20,24,26H,2-9,15,17,19H2,1H3. The molecule has 0 fully saturated rings. The molecule has 2 aromatic carbocycles. The Balaban J connectivity index is 1.26. The van der Waals surface area contributed by atoms with E-state index in [0.717, 1.165) is 12.8 Å². The third kappa shape index (κ3) is 5.37. The zero-order chi connectivity index (χ0) is 20.8. The average molecular weight is 484 g/mol. The second-order valence-corrected chi connectivity index (χ2v) is 11.3. The van der Waals surface area contributed by atoms with Crippen molar-refractivity contribution in [3.05, 3.63) is 69.4 Å². The van der Waals surface area contributed by atoms with Crippen LogP contribution < -0.4 is 0 Å². The molecule has 1 aliphatic carbocycles. The van der Waals surface area contributed by atoms with Gasteiger partial charge in [0.1, 0.15) is 0 Å². The van der Waals surface area contributed by atoms with Gasteiger partial charge in [-0.1, -0.05) is 111 Å². The highest BCUT2D eigenvalue weighted by molar-refractivity contribution is 9.09. The summed E-state index contributed by atoms with van der Waals surface area (Å²) >= 11 is 5.93. The lowest BCUT2D eigenvalue weighted by atomic mass is 9.97. The molecule has 0 aliphatic heterocycles. The van der Waals surface area contributed by atoms with Crippen LogP contribution in [0.25, 0.3) is 10.8 Å². The average Bonchev–Trinajstić information content (AvgIpc) is 3.36. The van der Waals surface area contributed by atoms with Gasteiger partial charge in [-0.2, -0.15) is 0 Å². The van der Waals surface area contributed by atoms with Crippen molar-refractivity contribution in [3.8, 4) is 0 Å². The Kier molecular flexibility index (Phi) is 8.07. The van der Waals surface area contributed by atoms with Crippen molar-refractivity contribution in [1.82, 2.24) is 0 Å². The van der Waals surface area contributed by atoms with E-state index in [0.29, 0.717) is 10.7 Å². The number of hydrogen-bond donors (Lipinski definition) is 0. The Bertz CT molecular complexity index is 935. The Labute approximate surface area is 195 Å². The predicted octanol–water partition coefficient (Wildman–Crippen LogP) is 9.43. The minimum atomic E-state index is 0.548. The molecule has 0 spiro atoms. The molecule has 1 aromatic heterocycles. The summed E-state index contributed by atoms with van der Waals surface area (Å²) in [6.07, 6.45) is 14.8. The lowest BCUT2D eigenvalue weighted by molar-refractivity contribution is 0.561. The van der Waals surface area contributed by atoms with Crippen molar-refractivity contribution in [2.45, 2.75) is 88.3 Å². The summed E-state index contributed by atoms with van der Waals surface area (Å²) in [6.45, 7) is 2.29. The van der Waals surface area contributed by atoms with E-state index >= 15 is 0 Å². The molecule has 160 valence electrons. The van der Waals surface area contributed by atoms with Gasteiger partial charge in [-0.25, -0.2) is 0 Å². The van der Waals surface area contributed by atoms with Crippen LogP contribution in [0.3, 0.4) is 0 Å². The van der Waals surface area contributed by atoms with E-state index in [1.165, 1.54) is 85.3 Å². The van der Waals surface area contributed by atoms with E-state index in [2.05, 4.69) is 70.7 Å². The maximum atomic E-state index is 3.96. The largest absolute Gasteiger partial charge is 0.148 e.